The zero-order valence-corrected chi connectivity index (χ0v) is 9.57. The van der Waals surface area contributed by atoms with Crippen LogP contribution in [0.5, 0.6) is 0 Å². The van der Waals surface area contributed by atoms with Gasteiger partial charge >= 0.3 is 0 Å². The normalized spacial score (nSPS) is 10.1. The van der Waals surface area contributed by atoms with Gasteiger partial charge in [0.1, 0.15) is 0 Å². The molecule has 0 radical (unpaired) electrons. The van der Waals surface area contributed by atoms with Crippen molar-refractivity contribution in [3.8, 4) is 0 Å². The predicted molar refractivity (Wildman–Crippen MR) is 59.9 cm³/mol. The lowest BCUT2D eigenvalue weighted by Gasteiger charge is -1.98. The van der Waals surface area contributed by atoms with Gasteiger partial charge in [-0.2, -0.15) is 0 Å². The Morgan fingerprint density at radius 1 is 1.43 bits per heavy atom. The van der Waals surface area contributed by atoms with Gasteiger partial charge in [-0.1, -0.05) is 13.8 Å². The van der Waals surface area contributed by atoms with Crippen LogP contribution >= 0.6 is 0 Å². The summed E-state index contributed by atoms with van der Waals surface area (Å²) in [6.45, 7) is 5.84. The first-order valence-corrected chi connectivity index (χ1v) is 4.21. The fourth-order valence-electron chi connectivity index (χ4n) is 0.418. The average molecular weight is 203 g/mol. The van der Waals surface area contributed by atoms with Gasteiger partial charge in [-0.25, -0.2) is 0 Å². The molecule has 0 bridgehead atoms. The number of methoxy groups -OCH3 is 1. The lowest BCUT2D eigenvalue weighted by Crippen LogP contribution is -2.03. The molecular formula is C9H21N3O2. The van der Waals surface area contributed by atoms with Gasteiger partial charge in [0, 0.05) is 18.8 Å². The molecule has 5 nitrogen and oxygen atoms in total. The van der Waals surface area contributed by atoms with Crippen molar-refractivity contribution in [1.29, 1.82) is 0 Å². The molecular weight excluding hydrogens is 182 g/mol. The van der Waals surface area contributed by atoms with Crippen LogP contribution in [0.1, 0.15) is 20.8 Å². The summed E-state index contributed by atoms with van der Waals surface area (Å²) in [6, 6.07) is 0. The predicted octanol–water partition coefficient (Wildman–Crippen LogP) is 0.651. The molecule has 0 aromatic carbocycles. The highest BCUT2D eigenvalue weighted by Crippen LogP contribution is 1.93. The molecule has 0 saturated carbocycles. The van der Waals surface area contributed by atoms with Crippen molar-refractivity contribution in [2.45, 2.75) is 20.8 Å². The maximum atomic E-state index is 8.58. The quantitative estimate of drug-likeness (QED) is 0.392. The van der Waals surface area contributed by atoms with Crippen LogP contribution in [0.4, 0.5) is 0 Å². The van der Waals surface area contributed by atoms with E-state index in [1.807, 2.05) is 20.8 Å². The van der Waals surface area contributed by atoms with Crippen LogP contribution in [0, 0.1) is 0 Å². The van der Waals surface area contributed by atoms with Crippen LogP contribution in [-0.4, -0.2) is 26.8 Å². The van der Waals surface area contributed by atoms with E-state index in [0.717, 1.165) is 5.57 Å². The van der Waals surface area contributed by atoms with Gasteiger partial charge in [-0.3, -0.25) is 9.79 Å². The first-order valence-electron chi connectivity index (χ1n) is 4.21. The minimum Gasteiger partial charge on any atom is -0.482 e. The standard InChI is InChI=1S/C6H12N2O.C2H6.CH3NO/c1-5(4-8-2)6(7)9-3;1-2;2-1-3/h4H,7H2,1-3H3;1-2H3;1H,(H2,2,3)/b6-5+,8-4?;;. The molecule has 0 unspecified atom stereocenters. The number of allylic oxidation sites excluding steroid dienone is 1. The maximum Gasteiger partial charge on any atom is 0.204 e. The third kappa shape index (κ3) is 16.8. The Balaban J connectivity index is -0.000000205. The number of hydrogen-bond donors (Lipinski definition) is 2. The fourth-order valence-corrected chi connectivity index (χ4v) is 0.418. The summed E-state index contributed by atoms with van der Waals surface area (Å²) in [4.78, 5) is 12.3. The summed E-state index contributed by atoms with van der Waals surface area (Å²) < 4.78 is 4.73. The first kappa shape index (κ1) is 18.3. The Morgan fingerprint density at radius 3 is 2.00 bits per heavy atom. The molecule has 0 aromatic rings. The van der Waals surface area contributed by atoms with Gasteiger partial charge in [-0.05, 0) is 6.92 Å². The number of nitrogens with two attached hydrogens (primary N) is 2. The third-order valence-electron chi connectivity index (χ3n) is 0.931. The second-order valence-electron chi connectivity index (χ2n) is 1.77. The Labute approximate surface area is 85.8 Å². The molecule has 0 atom stereocenters. The first-order chi connectivity index (χ1) is 6.63. The van der Waals surface area contributed by atoms with Gasteiger partial charge in [0.15, 0.2) is 5.88 Å². The highest BCUT2D eigenvalue weighted by molar-refractivity contribution is 5.77. The minimum atomic E-state index is 0.250. The van der Waals surface area contributed by atoms with Gasteiger partial charge in [0.2, 0.25) is 6.41 Å². The Kier molecular flexibility index (Phi) is 22.9. The molecule has 0 aliphatic heterocycles. The Bertz CT molecular complexity index is 177. The van der Waals surface area contributed by atoms with E-state index < -0.39 is 0 Å². The number of hydrogen-bond acceptors (Lipinski definition) is 4. The van der Waals surface area contributed by atoms with Crippen molar-refractivity contribution in [1.82, 2.24) is 0 Å². The number of aliphatic imine (C=N–C) groups is 1. The lowest BCUT2D eigenvalue weighted by molar-refractivity contribution is -0.106. The minimum absolute atomic E-state index is 0.250. The molecule has 14 heavy (non-hydrogen) atoms. The van der Waals surface area contributed by atoms with Crippen LogP contribution < -0.4 is 11.5 Å². The summed E-state index contributed by atoms with van der Waals surface area (Å²) in [5.74, 6) is 0.417. The van der Waals surface area contributed by atoms with E-state index in [4.69, 9.17) is 15.3 Å². The van der Waals surface area contributed by atoms with E-state index in [-0.39, 0.29) is 6.41 Å². The average Bonchev–Trinajstić information content (AvgIpc) is 2.21. The van der Waals surface area contributed by atoms with Crippen molar-refractivity contribution in [3.63, 3.8) is 0 Å². The number of amides is 1. The molecule has 4 N–H and O–H groups in total. The van der Waals surface area contributed by atoms with Crippen molar-refractivity contribution < 1.29 is 9.53 Å². The largest absolute Gasteiger partial charge is 0.482 e. The molecule has 5 heteroatoms. The van der Waals surface area contributed by atoms with E-state index in [1.54, 1.807) is 13.3 Å². The molecule has 0 saturated heterocycles. The van der Waals surface area contributed by atoms with Crippen LogP contribution in [0.2, 0.25) is 0 Å². The highest BCUT2D eigenvalue weighted by atomic mass is 16.5. The number of carbonyl (C=O) groups is 1. The second kappa shape index (κ2) is 17.5. The van der Waals surface area contributed by atoms with Crippen LogP contribution in [0.15, 0.2) is 16.4 Å². The third-order valence-corrected chi connectivity index (χ3v) is 0.931. The zero-order valence-electron chi connectivity index (χ0n) is 9.57. The van der Waals surface area contributed by atoms with E-state index in [2.05, 4.69) is 10.7 Å². The van der Waals surface area contributed by atoms with E-state index in [9.17, 15) is 0 Å². The molecule has 0 spiro atoms. The van der Waals surface area contributed by atoms with Crippen molar-refractivity contribution in [2.75, 3.05) is 14.2 Å². The zero-order chi connectivity index (χ0) is 12.0. The number of nitrogens with zero attached hydrogens (tertiary/aromatic N) is 1. The molecule has 0 fully saturated rings. The molecule has 0 aliphatic carbocycles. The van der Waals surface area contributed by atoms with Gasteiger partial charge in [-0.15, -0.1) is 0 Å². The SMILES string of the molecule is CC.CN=C/C(C)=C(\N)OC.NC=O. The van der Waals surface area contributed by atoms with E-state index in [0.29, 0.717) is 5.88 Å². The number of ether oxygens (including phenoxy) is 1. The Hall–Kier alpha value is -1.52. The highest BCUT2D eigenvalue weighted by Gasteiger charge is 1.89. The van der Waals surface area contributed by atoms with Crippen LogP contribution in [0.25, 0.3) is 0 Å². The summed E-state index contributed by atoms with van der Waals surface area (Å²) in [6.07, 6.45) is 1.90. The maximum absolute atomic E-state index is 8.58. The summed E-state index contributed by atoms with van der Waals surface area (Å²) >= 11 is 0. The molecule has 1 amide bonds. The molecule has 0 aliphatic rings. The van der Waals surface area contributed by atoms with Gasteiger partial charge in [0.25, 0.3) is 0 Å². The van der Waals surface area contributed by atoms with Crippen molar-refractivity contribution >= 4 is 12.6 Å². The summed E-state index contributed by atoms with van der Waals surface area (Å²) in [7, 11) is 3.22. The molecule has 84 valence electrons. The number of rotatable bonds is 2. The summed E-state index contributed by atoms with van der Waals surface area (Å²) in [5, 5.41) is 0. The van der Waals surface area contributed by atoms with Crippen molar-refractivity contribution in [3.05, 3.63) is 11.5 Å². The van der Waals surface area contributed by atoms with Crippen molar-refractivity contribution in [2.24, 2.45) is 16.5 Å². The number of carbonyl (C=O) groups excluding carboxylic acids is 1. The lowest BCUT2D eigenvalue weighted by atomic mass is 10.3. The van der Waals surface area contributed by atoms with E-state index >= 15 is 0 Å². The topological polar surface area (TPSA) is 90.7 Å². The van der Waals surface area contributed by atoms with Crippen LogP contribution in [0.3, 0.4) is 0 Å². The monoisotopic (exact) mass is 203 g/mol. The van der Waals surface area contributed by atoms with E-state index in [1.165, 1.54) is 7.11 Å². The van der Waals surface area contributed by atoms with Crippen LogP contribution in [-0.2, 0) is 9.53 Å². The summed E-state index contributed by atoms with van der Waals surface area (Å²) in [5.41, 5.74) is 10.4. The fraction of sp³-hybridized carbons (Fsp3) is 0.556. The smallest absolute Gasteiger partial charge is 0.204 e. The number of primary amides is 1. The van der Waals surface area contributed by atoms with Gasteiger partial charge < -0.3 is 16.2 Å². The molecule has 0 heterocycles. The Morgan fingerprint density at radius 2 is 1.79 bits per heavy atom. The molecule has 0 rings (SSSR count). The second-order valence-corrected chi connectivity index (χ2v) is 1.77. The molecule has 0 aromatic heterocycles. The van der Waals surface area contributed by atoms with Gasteiger partial charge in [0.05, 0.1) is 7.11 Å².